The van der Waals surface area contributed by atoms with Crippen LogP contribution in [0.5, 0.6) is 0 Å². The number of nitrogens with zero attached hydrogens (tertiary/aromatic N) is 2. The molecule has 10 heteroatoms. The van der Waals surface area contributed by atoms with Gasteiger partial charge in [-0.25, -0.2) is 25.4 Å². The summed E-state index contributed by atoms with van der Waals surface area (Å²) in [4.78, 5) is 22.9. The van der Waals surface area contributed by atoms with Crippen molar-refractivity contribution in [1.29, 1.82) is 0 Å². The predicted octanol–water partition coefficient (Wildman–Crippen LogP) is -0.0240. The lowest BCUT2D eigenvalue weighted by atomic mass is 10.5. The monoisotopic (exact) mass is 324 g/mol. The van der Waals surface area contributed by atoms with Crippen molar-refractivity contribution >= 4 is 31.9 Å². The summed E-state index contributed by atoms with van der Waals surface area (Å²) in [5, 5.41) is 0.980. The van der Waals surface area contributed by atoms with Crippen LogP contribution in [-0.4, -0.2) is 43.4 Å². The largest absolute Gasteiger partial charge is 0.274 e. The number of hydrogen-bond acceptors (Lipinski definition) is 6. The van der Waals surface area contributed by atoms with E-state index >= 15 is 0 Å². The standard InChI is InChI=1S/C10H16N2O6S2/c1-6-19(15,16)11(9(4)13)8(3)12(10(5)14)20(17,18)7-2/h6-8H,1-2H2,3-5H3. The van der Waals surface area contributed by atoms with Crippen molar-refractivity contribution in [2.75, 3.05) is 0 Å². The van der Waals surface area contributed by atoms with E-state index in [2.05, 4.69) is 13.2 Å². The van der Waals surface area contributed by atoms with Gasteiger partial charge in [-0.15, -0.1) is 0 Å². The normalized spacial score (nSPS) is 11.8. The Kier molecular flexibility index (Phi) is 5.66. The van der Waals surface area contributed by atoms with Crippen molar-refractivity contribution in [2.24, 2.45) is 0 Å². The van der Waals surface area contributed by atoms with Gasteiger partial charge < -0.3 is 0 Å². The highest BCUT2D eigenvalue weighted by Gasteiger charge is 2.37. The molecule has 0 atom stereocenters. The molecule has 2 amide bonds. The third kappa shape index (κ3) is 3.67. The first kappa shape index (κ1) is 18.3. The van der Waals surface area contributed by atoms with Crippen molar-refractivity contribution in [3.05, 3.63) is 24.0 Å². The maximum atomic E-state index is 11.8. The first-order valence-electron chi connectivity index (χ1n) is 5.27. The van der Waals surface area contributed by atoms with Gasteiger partial charge in [0.05, 0.1) is 0 Å². The Morgan fingerprint density at radius 2 is 1.15 bits per heavy atom. The first-order chi connectivity index (χ1) is 8.92. The second-order valence-electron chi connectivity index (χ2n) is 3.68. The zero-order valence-electron chi connectivity index (χ0n) is 11.3. The van der Waals surface area contributed by atoms with Gasteiger partial charge in [0, 0.05) is 24.7 Å². The maximum absolute atomic E-state index is 11.8. The minimum atomic E-state index is -4.25. The summed E-state index contributed by atoms with van der Waals surface area (Å²) in [7, 11) is -8.50. The minimum absolute atomic E-state index is 0.252. The number of carbonyl (C=O) groups excluding carboxylic acids is 2. The zero-order valence-corrected chi connectivity index (χ0v) is 12.9. The summed E-state index contributed by atoms with van der Waals surface area (Å²) in [5.41, 5.74) is 0. The molecule has 0 aromatic heterocycles. The van der Waals surface area contributed by atoms with E-state index in [1.807, 2.05) is 0 Å². The third-order valence-corrected chi connectivity index (χ3v) is 5.33. The zero-order chi connectivity index (χ0) is 16.3. The van der Waals surface area contributed by atoms with Gasteiger partial charge in [-0.05, 0) is 6.92 Å². The molecular formula is C10H16N2O6S2. The fourth-order valence-electron chi connectivity index (χ4n) is 1.57. The van der Waals surface area contributed by atoms with Crippen LogP contribution in [0, 0.1) is 0 Å². The number of amides is 2. The van der Waals surface area contributed by atoms with Crippen LogP contribution >= 0.6 is 0 Å². The van der Waals surface area contributed by atoms with E-state index in [0.29, 0.717) is 10.8 Å². The van der Waals surface area contributed by atoms with Crippen molar-refractivity contribution in [2.45, 2.75) is 26.9 Å². The highest BCUT2D eigenvalue weighted by molar-refractivity contribution is 7.93. The molecular weight excluding hydrogens is 308 g/mol. The summed E-state index contributed by atoms with van der Waals surface area (Å²) in [5.74, 6) is -1.91. The molecule has 114 valence electrons. The average Bonchev–Trinajstić information content (AvgIpc) is 2.27. The number of rotatable bonds is 6. The van der Waals surface area contributed by atoms with E-state index in [4.69, 9.17) is 0 Å². The first-order valence-corrected chi connectivity index (χ1v) is 8.28. The van der Waals surface area contributed by atoms with Crippen LogP contribution in [0.25, 0.3) is 0 Å². The van der Waals surface area contributed by atoms with Crippen LogP contribution in [-0.2, 0) is 29.6 Å². The van der Waals surface area contributed by atoms with Gasteiger partial charge in [0.15, 0.2) is 0 Å². The van der Waals surface area contributed by atoms with E-state index in [-0.39, 0.29) is 8.61 Å². The molecule has 0 radical (unpaired) electrons. The van der Waals surface area contributed by atoms with Crippen LogP contribution in [0.15, 0.2) is 24.0 Å². The molecule has 0 aliphatic carbocycles. The SMILES string of the molecule is C=CS(=O)(=O)N(C(C)=O)C(C)N(C(C)=O)S(=O)(=O)C=C. The Bertz CT molecular complexity index is 579. The molecule has 0 spiro atoms. The van der Waals surface area contributed by atoms with Gasteiger partial charge in [0.25, 0.3) is 20.0 Å². The Morgan fingerprint density at radius 1 is 0.900 bits per heavy atom. The summed E-state index contributed by atoms with van der Waals surface area (Å²) in [6.45, 7) is 9.04. The smallest absolute Gasteiger partial charge is 0.260 e. The van der Waals surface area contributed by atoms with E-state index in [1.54, 1.807) is 0 Å². The lowest BCUT2D eigenvalue weighted by molar-refractivity contribution is -0.131. The minimum Gasteiger partial charge on any atom is -0.274 e. The van der Waals surface area contributed by atoms with Gasteiger partial charge >= 0.3 is 0 Å². The number of carbonyl (C=O) groups is 2. The highest BCUT2D eigenvalue weighted by atomic mass is 32.2. The fourth-order valence-corrected chi connectivity index (χ4v) is 3.70. The third-order valence-electron chi connectivity index (χ3n) is 2.27. The Balaban J connectivity index is 6.08. The van der Waals surface area contributed by atoms with Gasteiger partial charge in [0.2, 0.25) is 11.8 Å². The van der Waals surface area contributed by atoms with Crippen LogP contribution in [0.3, 0.4) is 0 Å². The summed E-state index contributed by atoms with van der Waals surface area (Å²) in [6, 6.07) is 0. The van der Waals surface area contributed by atoms with Gasteiger partial charge in [0.1, 0.15) is 6.17 Å². The maximum Gasteiger partial charge on any atom is 0.260 e. The molecule has 0 N–H and O–H groups in total. The molecule has 8 nitrogen and oxygen atoms in total. The van der Waals surface area contributed by atoms with Crippen molar-refractivity contribution in [3.8, 4) is 0 Å². The summed E-state index contributed by atoms with van der Waals surface area (Å²) >= 11 is 0. The Hall–Kier alpha value is -1.68. The number of hydrogen-bond donors (Lipinski definition) is 0. The molecule has 0 bridgehead atoms. The lowest BCUT2D eigenvalue weighted by Gasteiger charge is -2.33. The van der Waals surface area contributed by atoms with Gasteiger partial charge in [-0.3, -0.25) is 9.59 Å². The molecule has 0 saturated carbocycles. The van der Waals surface area contributed by atoms with E-state index in [0.717, 1.165) is 20.8 Å². The molecule has 0 rings (SSSR count). The molecule has 0 fully saturated rings. The van der Waals surface area contributed by atoms with E-state index in [1.165, 1.54) is 0 Å². The second kappa shape index (κ2) is 6.18. The molecule has 0 aliphatic heterocycles. The molecule has 0 saturated heterocycles. The Labute approximate surface area is 118 Å². The average molecular weight is 324 g/mol. The lowest BCUT2D eigenvalue weighted by Crippen LogP contribution is -2.53. The van der Waals surface area contributed by atoms with Crippen LogP contribution in [0.2, 0.25) is 0 Å². The number of sulfonamides is 2. The van der Waals surface area contributed by atoms with Crippen LogP contribution < -0.4 is 0 Å². The van der Waals surface area contributed by atoms with E-state index < -0.39 is 38.0 Å². The highest BCUT2D eigenvalue weighted by Crippen LogP contribution is 2.17. The second-order valence-corrected chi connectivity index (χ2v) is 7.20. The fraction of sp³-hybridized carbons (Fsp3) is 0.400. The van der Waals surface area contributed by atoms with Crippen molar-refractivity contribution in [1.82, 2.24) is 8.61 Å². The molecule has 20 heavy (non-hydrogen) atoms. The quantitative estimate of drug-likeness (QED) is 0.635. The summed E-state index contributed by atoms with van der Waals surface area (Å²) in [6.07, 6.45) is -1.57. The summed E-state index contributed by atoms with van der Waals surface area (Å²) < 4.78 is 47.5. The molecule has 0 aromatic carbocycles. The van der Waals surface area contributed by atoms with Crippen molar-refractivity contribution in [3.63, 3.8) is 0 Å². The molecule has 0 heterocycles. The molecule has 0 unspecified atom stereocenters. The van der Waals surface area contributed by atoms with Gasteiger partial charge in [-0.1, -0.05) is 13.2 Å². The predicted molar refractivity (Wildman–Crippen MR) is 72.7 cm³/mol. The van der Waals surface area contributed by atoms with E-state index in [9.17, 15) is 26.4 Å². The van der Waals surface area contributed by atoms with Gasteiger partial charge in [-0.2, -0.15) is 0 Å². The van der Waals surface area contributed by atoms with Crippen molar-refractivity contribution < 1.29 is 26.4 Å². The van der Waals surface area contributed by atoms with Crippen LogP contribution in [0.4, 0.5) is 0 Å². The Morgan fingerprint density at radius 3 is 1.30 bits per heavy atom. The molecule has 0 aromatic rings. The van der Waals surface area contributed by atoms with Crippen LogP contribution in [0.1, 0.15) is 20.8 Å². The molecule has 0 aliphatic rings. The topological polar surface area (TPSA) is 109 Å².